The van der Waals surface area contributed by atoms with Gasteiger partial charge >= 0.3 is 0 Å². The van der Waals surface area contributed by atoms with E-state index < -0.39 is 0 Å². The number of hydrogen-bond donors (Lipinski definition) is 0. The lowest BCUT2D eigenvalue weighted by Gasteiger charge is -2.20. The fourth-order valence-corrected chi connectivity index (χ4v) is 5.14. The summed E-state index contributed by atoms with van der Waals surface area (Å²) in [7, 11) is 0. The van der Waals surface area contributed by atoms with Crippen molar-refractivity contribution in [1.29, 1.82) is 0 Å². The number of hydrogen-bond acceptors (Lipinski definition) is 4. The first kappa shape index (κ1) is 23.9. The van der Waals surface area contributed by atoms with Crippen molar-refractivity contribution in [2.24, 2.45) is 0 Å². The molecule has 1 saturated heterocycles. The number of anilines is 1. The molecule has 36 heavy (non-hydrogen) atoms. The van der Waals surface area contributed by atoms with E-state index >= 15 is 0 Å². The van der Waals surface area contributed by atoms with E-state index in [9.17, 15) is 4.79 Å². The first-order valence-electron chi connectivity index (χ1n) is 12.7. The Hall–Kier alpha value is -3.80. The van der Waals surface area contributed by atoms with Gasteiger partial charge in [-0.05, 0) is 74.7 Å². The highest BCUT2D eigenvalue weighted by atomic mass is 16.5. The lowest BCUT2D eigenvalue weighted by molar-refractivity contribution is -0.117. The summed E-state index contributed by atoms with van der Waals surface area (Å²) in [5.41, 5.74) is 5.29. The number of carbonyl (C=O) groups is 1. The standard InChI is InChI=1S/C30H33N3O3/c1-4-35-28-13-8-7-12-27(28)33-20-23(19-29(33)34)30-31-25-10-5-6-11-26(25)32(30)14-9-15-36-24-17-21(2)16-22(3)18-24/h5-8,10-13,16-18,23H,4,9,14-15,19-20H2,1-3H3. The zero-order chi connectivity index (χ0) is 25.1. The molecule has 0 aliphatic carbocycles. The molecule has 0 N–H and O–H groups in total. The number of imidazole rings is 1. The van der Waals surface area contributed by atoms with Crippen LogP contribution in [-0.2, 0) is 11.3 Å². The number of rotatable bonds is 9. The number of aryl methyl sites for hydroxylation is 3. The van der Waals surface area contributed by atoms with E-state index in [2.05, 4.69) is 42.7 Å². The van der Waals surface area contributed by atoms with Crippen molar-refractivity contribution in [3.05, 3.63) is 83.7 Å². The molecule has 2 heterocycles. The molecule has 1 unspecified atom stereocenters. The number of nitrogens with zero attached hydrogens (tertiary/aromatic N) is 3. The van der Waals surface area contributed by atoms with E-state index in [1.165, 1.54) is 11.1 Å². The Morgan fingerprint density at radius 2 is 1.72 bits per heavy atom. The molecule has 0 spiro atoms. The van der Waals surface area contributed by atoms with Crippen LogP contribution in [0.1, 0.15) is 42.6 Å². The molecule has 4 aromatic rings. The van der Waals surface area contributed by atoms with Crippen molar-refractivity contribution in [1.82, 2.24) is 9.55 Å². The lowest BCUT2D eigenvalue weighted by atomic mass is 10.1. The summed E-state index contributed by atoms with van der Waals surface area (Å²) in [6.45, 7) is 8.67. The Morgan fingerprint density at radius 3 is 2.53 bits per heavy atom. The minimum Gasteiger partial charge on any atom is -0.494 e. The minimum absolute atomic E-state index is 0.0138. The quantitative estimate of drug-likeness (QED) is 0.272. The summed E-state index contributed by atoms with van der Waals surface area (Å²) >= 11 is 0. The molecule has 5 rings (SSSR count). The van der Waals surface area contributed by atoms with Crippen LogP contribution in [0, 0.1) is 13.8 Å². The molecule has 186 valence electrons. The first-order valence-corrected chi connectivity index (χ1v) is 12.7. The summed E-state index contributed by atoms with van der Waals surface area (Å²) in [5, 5.41) is 0. The molecule has 0 bridgehead atoms. The van der Waals surface area contributed by atoms with Crippen molar-refractivity contribution in [2.75, 3.05) is 24.7 Å². The Labute approximate surface area is 212 Å². The zero-order valence-corrected chi connectivity index (χ0v) is 21.2. The van der Waals surface area contributed by atoms with E-state index in [1.54, 1.807) is 0 Å². The fraction of sp³-hybridized carbons (Fsp3) is 0.333. The monoisotopic (exact) mass is 483 g/mol. The van der Waals surface area contributed by atoms with E-state index in [0.717, 1.165) is 47.0 Å². The highest BCUT2D eigenvalue weighted by Crippen LogP contribution is 2.37. The van der Waals surface area contributed by atoms with Gasteiger partial charge in [-0.2, -0.15) is 0 Å². The molecule has 1 atom stereocenters. The first-order chi connectivity index (χ1) is 17.5. The van der Waals surface area contributed by atoms with Crippen LogP contribution in [0.5, 0.6) is 11.5 Å². The Kier molecular flexibility index (Phi) is 6.94. The second kappa shape index (κ2) is 10.4. The fourth-order valence-electron chi connectivity index (χ4n) is 5.14. The molecule has 1 aromatic heterocycles. The summed E-state index contributed by atoms with van der Waals surface area (Å²) in [6.07, 6.45) is 1.28. The van der Waals surface area contributed by atoms with Gasteiger partial charge in [-0.1, -0.05) is 30.3 Å². The van der Waals surface area contributed by atoms with Gasteiger partial charge in [-0.25, -0.2) is 4.98 Å². The SMILES string of the molecule is CCOc1ccccc1N1CC(c2nc3ccccc3n2CCCOc2cc(C)cc(C)c2)CC1=O. The predicted octanol–water partition coefficient (Wildman–Crippen LogP) is 6.04. The normalized spacial score (nSPS) is 15.6. The van der Waals surface area contributed by atoms with Crippen LogP contribution in [0.4, 0.5) is 5.69 Å². The summed E-state index contributed by atoms with van der Waals surface area (Å²) in [4.78, 5) is 20.0. The Bertz CT molecular complexity index is 1360. The molecule has 3 aromatic carbocycles. The zero-order valence-electron chi connectivity index (χ0n) is 21.2. The molecule has 0 radical (unpaired) electrons. The second-order valence-corrected chi connectivity index (χ2v) is 9.44. The van der Waals surface area contributed by atoms with E-state index in [0.29, 0.717) is 26.2 Å². The molecule has 6 nitrogen and oxygen atoms in total. The molecule has 0 saturated carbocycles. The number of para-hydroxylation sites is 4. The van der Waals surface area contributed by atoms with Crippen LogP contribution in [-0.4, -0.2) is 35.2 Å². The van der Waals surface area contributed by atoms with Crippen LogP contribution >= 0.6 is 0 Å². The van der Waals surface area contributed by atoms with Gasteiger partial charge in [0.1, 0.15) is 17.3 Å². The van der Waals surface area contributed by atoms with Crippen LogP contribution in [0.15, 0.2) is 66.7 Å². The average Bonchev–Trinajstić information content (AvgIpc) is 3.42. The van der Waals surface area contributed by atoms with Crippen molar-refractivity contribution >= 4 is 22.6 Å². The predicted molar refractivity (Wildman–Crippen MR) is 143 cm³/mol. The van der Waals surface area contributed by atoms with Gasteiger partial charge in [0.15, 0.2) is 0 Å². The van der Waals surface area contributed by atoms with Crippen molar-refractivity contribution in [2.45, 2.75) is 46.1 Å². The molecular weight excluding hydrogens is 450 g/mol. The maximum Gasteiger partial charge on any atom is 0.227 e. The third-order valence-corrected chi connectivity index (χ3v) is 6.62. The second-order valence-electron chi connectivity index (χ2n) is 9.44. The Morgan fingerprint density at radius 1 is 0.972 bits per heavy atom. The van der Waals surface area contributed by atoms with Gasteiger partial charge in [0, 0.05) is 25.4 Å². The smallest absolute Gasteiger partial charge is 0.227 e. The number of carbonyl (C=O) groups excluding carboxylic acids is 1. The molecule has 1 amide bonds. The lowest BCUT2D eigenvalue weighted by Crippen LogP contribution is -2.25. The number of fused-ring (bicyclic) bond motifs is 1. The maximum atomic E-state index is 13.1. The maximum absolute atomic E-state index is 13.1. The summed E-state index contributed by atoms with van der Waals surface area (Å²) in [6, 6.07) is 22.3. The molecular formula is C30H33N3O3. The van der Waals surface area contributed by atoms with Crippen molar-refractivity contribution in [3.63, 3.8) is 0 Å². The third kappa shape index (κ3) is 4.94. The average molecular weight is 484 g/mol. The van der Waals surface area contributed by atoms with Gasteiger partial charge in [-0.3, -0.25) is 4.79 Å². The largest absolute Gasteiger partial charge is 0.494 e. The van der Waals surface area contributed by atoms with Crippen LogP contribution in [0.3, 0.4) is 0 Å². The van der Waals surface area contributed by atoms with Gasteiger partial charge in [0.25, 0.3) is 0 Å². The van der Waals surface area contributed by atoms with Crippen LogP contribution in [0.2, 0.25) is 0 Å². The third-order valence-electron chi connectivity index (χ3n) is 6.62. The van der Waals surface area contributed by atoms with Crippen LogP contribution in [0.25, 0.3) is 11.0 Å². The van der Waals surface area contributed by atoms with Gasteiger partial charge in [0.2, 0.25) is 5.91 Å². The van der Waals surface area contributed by atoms with Crippen LogP contribution < -0.4 is 14.4 Å². The highest BCUT2D eigenvalue weighted by Gasteiger charge is 2.35. The topological polar surface area (TPSA) is 56.6 Å². The van der Waals surface area contributed by atoms with E-state index in [4.69, 9.17) is 14.5 Å². The summed E-state index contributed by atoms with van der Waals surface area (Å²) in [5.74, 6) is 2.73. The number of aromatic nitrogens is 2. The Balaban J connectivity index is 1.35. The number of benzene rings is 3. The molecule has 1 aliphatic heterocycles. The van der Waals surface area contributed by atoms with E-state index in [1.807, 2.05) is 54.3 Å². The molecule has 1 fully saturated rings. The van der Waals surface area contributed by atoms with Gasteiger partial charge < -0.3 is 18.9 Å². The molecule has 1 aliphatic rings. The van der Waals surface area contributed by atoms with Crippen molar-refractivity contribution < 1.29 is 14.3 Å². The molecule has 6 heteroatoms. The number of ether oxygens (including phenoxy) is 2. The minimum atomic E-state index is 0.0138. The highest BCUT2D eigenvalue weighted by molar-refractivity contribution is 5.97. The summed E-state index contributed by atoms with van der Waals surface area (Å²) < 4.78 is 14.1. The number of amides is 1. The van der Waals surface area contributed by atoms with Gasteiger partial charge in [0.05, 0.1) is 29.9 Å². The van der Waals surface area contributed by atoms with Gasteiger partial charge in [-0.15, -0.1) is 0 Å². The van der Waals surface area contributed by atoms with Crippen molar-refractivity contribution in [3.8, 4) is 11.5 Å². The van der Waals surface area contributed by atoms with E-state index in [-0.39, 0.29) is 11.8 Å².